The van der Waals surface area contributed by atoms with Gasteiger partial charge in [-0.15, -0.1) is 0 Å². The summed E-state index contributed by atoms with van der Waals surface area (Å²) in [5, 5.41) is 5.16. The SMILES string of the molecule is C[C@@]1(c2ccc(Cl)cc2)CC(c2ccc(Cl)cc2)=Nc2ccccc2N1. The topological polar surface area (TPSA) is 24.4 Å². The molecule has 26 heavy (non-hydrogen) atoms. The van der Waals surface area contributed by atoms with E-state index >= 15 is 0 Å². The first-order valence-electron chi connectivity index (χ1n) is 8.50. The van der Waals surface area contributed by atoms with Crippen LogP contribution in [0.15, 0.2) is 77.8 Å². The number of fused-ring (bicyclic) bond motifs is 1. The molecule has 4 rings (SSSR count). The molecule has 3 aromatic carbocycles. The van der Waals surface area contributed by atoms with E-state index in [1.54, 1.807) is 0 Å². The number of nitrogens with zero attached hydrogens (tertiary/aromatic N) is 1. The third-order valence-electron chi connectivity index (χ3n) is 4.75. The number of nitrogens with one attached hydrogen (secondary N) is 1. The molecule has 130 valence electrons. The second-order valence-corrected chi connectivity index (χ2v) is 7.60. The predicted molar refractivity (Wildman–Crippen MR) is 111 cm³/mol. The van der Waals surface area contributed by atoms with Crippen LogP contribution < -0.4 is 5.32 Å². The Balaban J connectivity index is 1.84. The molecule has 0 bridgehead atoms. The minimum absolute atomic E-state index is 0.310. The summed E-state index contributed by atoms with van der Waals surface area (Å²) in [7, 11) is 0. The summed E-state index contributed by atoms with van der Waals surface area (Å²) in [6.07, 6.45) is 0.741. The number of aliphatic imine (C=N–C) groups is 1. The first kappa shape index (κ1) is 17.1. The van der Waals surface area contributed by atoms with Crippen molar-refractivity contribution >= 4 is 40.3 Å². The van der Waals surface area contributed by atoms with Gasteiger partial charge in [0.1, 0.15) is 0 Å². The highest BCUT2D eigenvalue weighted by atomic mass is 35.5. The largest absolute Gasteiger partial charge is 0.374 e. The summed E-state index contributed by atoms with van der Waals surface area (Å²) in [5.74, 6) is 0. The maximum absolute atomic E-state index is 6.09. The Bertz CT molecular complexity index is 962. The lowest BCUT2D eigenvalue weighted by Crippen LogP contribution is -2.33. The minimum atomic E-state index is -0.310. The van der Waals surface area contributed by atoms with Gasteiger partial charge in [-0.3, -0.25) is 4.99 Å². The Morgan fingerprint density at radius 3 is 2.15 bits per heavy atom. The van der Waals surface area contributed by atoms with Crippen LogP contribution in [0.4, 0.5) is 11.4 Å². The average Bonchev–Trinajstić information content (AvgIpc) is 2.79. The van der Waals surface area contributed by atoms with Gasteiger partial charge in [0, 0.05) is 16.5 Å². The third kappa shape index (κ3) is 3.35. The van der Waals surface area contributed by atoms with Crippen molar-refractivity contribution in [2.24, 2.45) is 4.99 Å². The maximum atomic E-state index is 6.09. The fraction of sp³-hybridized carbons (Fsp3) is 0.136. The Hall–Kier alpha value is -2.29. The minimum Gasteiger partial charge on any atom is -0.374 e. The molecule has 0 aromatic heterocycles. The first-order valence-corrected chi connectivity index (χ1v) is 9.26. The van der Waals surface area contributed by atoms with Gasteiger partial charge in [-0.05, 0) is 54.4 Å². The molecular formula is C22H18Cl2N2. The van der Waals surface area contributed by atoms with E-state index in [0.717, 1.165) is 39.1 Å². The molecule has 3 aromatic rings. The highest BCUT2D eigenvalue weighted by Crippen LogP contribution is 2.39. The summed E-state index contributed by atoms with van der Waals surface area (Å²) in [6.45, 7) is 2.20. The molecule has 4 heteroatoms. The molecule has 0 fully saturated rings. The lowest BCUT2D eigenvalue weighted by molar-refractivity contribution is 0.571. The number of para-hydroxylation sites is 2. The van der Waals surface area contributed by atoms with E-state index in [4.69, 9.17) is 28.2 Å². The summed E-state index contributed by atoms with van der Waals surface area (Å²) >= 11 is 12.2. The van der Waals surface area contributed by atoms with Gasteiger partial charge in [-0.2, -0.15) is 0 Å². The molecule has 1 aliphatic heterocycles. The molecule has 1 heterocycles. The molecule has 2 nitrogen and oxygen atoms in total. The highest BCUT2D eigenvalue weighted by molar-refractivity contribution is 6.31. The Morgan fingerprint density at radius 2 is 1.46 bits per heavy atom. The highest BCUT2D eigenvalue weighted by Gasteiger charge is 2.31. The Kier molecular flexibility index (Phi) is 4.47. The van der Waals surface area contributed by atoms with Crippen LogP contribution in [0.1, 0.15) is 24.5 Å². The van der Waals surface area contributed by atoms with Crippen LogP contribution in [0.5, 0.6) is 0 Å². The van der Waals surface area contributed by atoms with Crippen LogP contribution in [0, 0.1) is 0 Å². The molecule has 1 N–H and O–H groups in total. The van der Waals surface area contributed by atoms with E-state index in [1.807, 2.05) is 54.6 Å². The van der Waals surface area contributed by atoms with E-state index in [1.165, 1.54) is 5.56 Å². The fourth-order valence-corrected chi connectivity index (χ4v) is 3.59. The lowest BCUT2D eigenvalue weighted by atomic mass is 9.85. The van der Waals surface area contributed by atoms with Gasteiger partial charge >= 0.3 is 0 Å². The third-order valence-corrected chi connectivity index (χ3v) is 5.25. The molecule has 0 saturated heterocycles. The van der Waals surface area contributed by atoms with Gasteiger partial charge in [0.25, 0.3) is 0 Å². The monoisotopic (exact) mass is 380 g/mol. The normalized spacial score (nSPS) is 19.1. The molecule has 0 spiro atoms. The van der Waals surface area contributed by atoms with Crippen LogP contribution in [0.25, 0.3) is 0 Å². The zero-order chi connectivity index (χ0) is 18.1. The maximum Gasteiger partial charge on any atom is 0.0864 e. The van der Waals surface area contributed by atoms with Crippen LogP contribution in [-0.4, -0.2) is 5.71 Å². The zero-order valence-electron chi connectivity index (χ0n) is 14.3. The van der Waals surface area contributed by atoms with Gasteiger partial charge in [0.05, 0.1) is 22.6 Å². The second kappa shape index (κ2) is 6.79. The average molecular weight is 381 g/mol. The molecule has 1 aliphatic rings. The van der Waals surface area contributed by atoms with Crippen molar-refractivity contribution in [1.82, 2.24) is 0 Å². The van der Waals surface area contributed by atoms with E-state index in [9.17, 15) is 0 Å². The van der Waals surface area contributed by atoms with Crippen molar-refractivity contribution in [2.75, 3.05) is 5.32 Å². The Morgan fingerprint density at radius 1 is 0.846 bits per heavy atom. The van der Waals surface area contributed by atoms with Crippen molar-refractivity contribution < 1.29 is 0 Å². The number of rotatable bonds is 2. The number of halogens is 2. The molecule has 0 aliphatic carbocycles. The van der Waals surface area contributed by atoms with Crippen molar-refractivity contribution in [2.45, 2.75) is 18.9 Å². The van der Waals surface area contributed by atoms with Gasteiger partial charge in [0.15, 0.2) is 0 Å². The van der Waals surface area contributed by atoms with E-state index in [2.05, 4.69) is 30.4 Å². The standard InChI is InChI=1S/C22H18Cl2N2/c1-22(16-8-12-18(24)13-9-16)14-21(15-6-10-17(23)11-7-15)25-19-4-2-3-5-20(19)26-22/h2-13,26H,14H2,1H3/t22-/m0/s1. The zero-order valence-corrected chi connectivity index (χ0v) is 15.9. The van der Waals surface area contributed by atoms with Crippen LogP contribution in [0.2, 0.25) is 10.0 Å². The predicted octanol–water partition coefficient (Wildman–Crippen LogP) is 6.85. The van der Waals surface area contributed by atoms with Crippen LogP contribution in [0.3, 0.4) is 0 Å². The summed E-state index contributed by atoms with van der Waals surface area (Å²) in [6, 6.07) is 24.0. The molecule has 0 radical (unpaired) electrons. The molecule has 0 amide bonds. The Labute approximate surface area is 163 Å². The van der Waals surface area contributed by atoms with Crippen molar-refractivity contribution in [3.8, 4) is 0 Å². The van der Waals surface area contributed by atoms with Crippen molar-refractivity contribution in [3.05, 3.63) is 94.0 Å². The van der Waals surface area contributed by atoms with Crippen LogP contribution in [-0.2, 0) is 5.54 Å². The van der Waals surface area contributed by atoms with Gasteiger partial charge in [-0.1, -0.05) is 59.6 Å². The van der Waals surface area contributed by atoms with Gasteiger partial charge in [0.2, 0.25) is 0 Å². The number of anilines is 1. The van der Waals surface area contributed by atoms with E-state index < -0.39 is 0 Å². The first-order chi connectivity index (χ1) is 12.5. The smallest absolute Gasteiger partial charge is 0.0864 e. The van der Waals surface area contributed by atoms with Gasteiger partial charge in [-0.25, -0.2) is 0 Å². The van der Waals surface area contributed by atoms with Crippen molar-refractivity contribution in [3.63, 3.8) is 0 Å². The number of hydrogen-bond acceptors (Lipinski definition) is 2. The number of hydrogen-bond donors (Lipinski definition) is 1. The summed E-state index contributed by atoms with van der Waals surface area (Å²) in [4.78, 5) is 4.96. The number of benzene rings is 3. The fourth-order valence-electron chi connectivity index (χ4n) is 3.34. The van der Waals surface area contributed by atoms with E-state index in [0.29, 0.717) is 0 Å². The molecular weight excluding hydrogens is 363 g/mol. The quantitative estimate of drug-likeness (QED) is 0.516. The second-order valence-electron chi connectivity index (χ2n) is 6.72. The van der Waals surface area contributed by atoms with Gasteiger partial charge < -0.3 is 5.32 Å². The molecule has 0 unspecified atom stereocenters. The summed E-state index contributed by atoms with van der Waals surface area (Å²) < 4.78 is 0. The van der Waals surface area contributed by atoms with E-state index in [-0.39, 0.29) is 5.54 Å². The lowest BCUT2D eigenvalue weighted by Gasteiger charge is -2.32. The molecule has 1 atom stereocenters. The van der Waals surface area contributed by atoms with Crippen LogP contribution >= 0.6 is 23.2 Å². The molecule has 0 saturated carbocycles. The summed E-state index contributed by atoms with van der Waals surface area (Å²) in [5.41, 5.74) is 4.92. The van der Waals surface area contributed by atoms with Crippen molar-refractivity contribution in [1.29, 1.82) is 0 Å².